The van der Waals surface area contributed by atoms with Crippen LogP contribution in [0.25, 0.3) is 0 Å². The zero-order valence-electron chi connectivity index (χ0n) is 11.8. The summed E-state index contributed by atoms with van der Waals surface area (Å²) >= 11 is 0. The third-order valence-electron chi connectivity index (χ3n) is 3.76. The molecule has 2 aromatic rings. The number of aromatic amines is 1. The van der Waals surface area contributed by atoms with E-state index in [9.17, 15) is 0 Å². The number of imidazole rings is 1. The molecule has 1 fully saturated rings. The van der Waals surface area contributed by atoms with Gasteiger partial charge in [-0.25, -0.2) is 15.0 Å². The largest absolute Gasteiger partial charge is 0.380 e. The molecule has 0 saturated carbocycles. The van der Waals surface area contributed by atoms with Gasteiger partial charge in [0.1, 0.15) is 12.2 Å². The summed E-state index contributed by atoms with van der Waals surface area (Å²) in [5, 5.41) is 0. The molecule has 2 atom stereocenters. The van der Waals surface area contributed by atoms with Crippen molar-refractivity contribution in [2.45, 2.75) is 32.0 Å². The summed E-state index contributed by atoms with van der Waals surface area (Å²) in [7, 11) is 1.77. The number of ether oxygens (including phenoxy) is 1. The number of nitrogens with one attached hydrogen (secondary N) is 1. The van der Waals surface area contributed by atoms with Crippen LogP contribution in [0.2, 0.25) is 0 Å². The van der Waals surface area contributed by atoms with Gasteiger partial charge in [0.05, 0.1) is 17.8 Å². The lowest BCUT2D eigenvalue weighted by molar-refractivity contribution is 0.107. The lowest BCUT2D eigenvalue weighted by Gasteiger charge is -2.22. The summed E-state index contributed by atoms with van der Waals surface area (Å²) in [6.07, 6.45) is 6.48. The fraction of sp³-hybridized carbons (Fsp3) is 0.500. The van der Waals surface area contributed by atoms with Crippen molar-refractivity contribution < 1.29 is 4.74 Å². The lowest BCUT2D eigenvalue weighted by atomic mass is 10.2. The van der Waals surface area contributed by atoms with Crippen molar-refractivity contribution in [3.63, 3.8) is 0 Å². The van der Waals surface area contributed by atoms with Crippen LogP contribution in [0.15, 0.2) is 24.8 Å². The van der Waals surface area contributed by atoms with Crippen molar-refractivity contribution >= 4 is 0 Å². The van der Waals surface area contributed by atoms with Crippen LogP contribution < -0.4 is 0 Å². The van der Waals surface area contributed by atoms with Gasteiger partial charge < -0.3 is 9.72 Å². The Kier molecular flexibility index (Phi) is 3.75. The number of likely N-dealkylation sites (tertiary alicyclic amines) is 1. The number of hydrogen-bond donors (Lipinski definition) is 1. The van der Waals surface area contributed by atoms with E-state index in [-0.39, 0.29) is 12.1 Å². The maximum Gasteiger partial charge on any atom is 0.123 e. The Labute approximate surface area is 118 Å². The first kappa shape index (κ1) is 13.2. The summed E-state index contributed by atoms with van der Waals surface area (Å²) in [4.78, 5) is 18.4. The highest BCUT2D eigenvalue weighted by Crippen LogP contribution is 2.32. The molecule has 0 bridgehead atoms. The summed E-state index contributed by atoms with van der Waals surface area (Å²) < 4.78 is 5.52. The average Bonchev–Trinajstić information content (AvgIpc) is 3.07. The molecule has 1 aliphatic rings. The van der Waals surface area contributed by atoms with Gasteiger partial charge in [-0.15, -0.1) is 0 Å². The van der Waals surface area contributed by atoms with Crippen molar-refractivity contribution in [1.82, 2.24) is 24.8 Å². The van der Waals surface area contributed by atoms with Gasteiger partial charge in [0.2, 0.25) is 0 Å². The predicted molar refractivity (Wildman–Crippen MR) is 73.9 cm³/mol. The number of aryl methyl sites for hydroxylation is 1. The van der Waals surface area contributed by atoms with Gasteiger partial charge in [-0.05, 0) is 19.4 Å². The maximum atomic E-state index is 5.52. The maximum absolute atomic E-state index is 5.52. The van der Waals surface area contributed by atoms with Crippen molar-refractivity contribution in [3.8, 4) is 0 Å². The molecule has 106 valence electrons. The predicted octanol–water partition coefficient (Wildman–Crippen LogP) is 1.47. The fourth-order valence-electron chi connectivity index (χ4n) is 2.76. The first-order chi connectivity index (χ1) is 9.76. The van der Waals surface area contributed by atoms with Crippen LogP contribution in [0.4, 0.5) is 0 Å². The van der Waals surface area contributed by atoms with E-state index in [4.69, 9.17) is 4.74 Å². The van der Waals surface area contributed by atoms with Crippen LogP contribution in [-0.2, 0) is 11.3 Å². The summed E-state index contributed by atoms with van der Waals surface area (Å²) in [6.45, 7) is 3.66. The number of methoxy groups -OCH3 is 1. The molecule has 0 aliphatic carbocycles. The first-order valence-corrected chi connectivity index (χ1v) is 6.80. The Bertz CT molecular complexity index is 556. The molecule has 0 aromatic carbocycles. The van der Waals surface area contributed by atoms with Crippen molar-refractivity contribution in [3.05, 3.63) is 42.0 Å². The Balaban J connectivity index is 1.79. The SMILES string of the molecule is CO[C@@H]1CC(c2ncc[nH]2)N(Cc2cc(C)ncn2)C1. The Hall–Kier alpha value is -1.79. The van der Waals surface area contributed by atoms with E-state index in [2.05, 4.69) is 24.8 Å². The standard InChI is InChI=1S/C14H19N5O/c1-10-5-11(18-9-17-10)7-19-8-12(20-2)6-13(19)14-15-3-4-16-14/h3-5,9,12-13H,6-8H2,1-2H3,(H,15,16)/t12-,13?/m1/s1. The minimum absolute atomic E-state index is 0.244. The Morgan fingerprint density at radius 2 is 2.30 bits per heavy atom. The molecule has 6 nitrogen and oxygen atoms in total. The molecule has 6 heteroatoms. The molecule has 3 heterocycles. The highest BCUT2D eigenvalue weighted by molar-refractivity contribution is 5.09. The zero-order valence-corrected chi connectivity index (χ0v) is 11.8. The van der Waals surface area contributed by atoms with Crippen LogP contribution >= 0.6 is 0 Å². The number of nitrogens with zero attached hydrogens (tertiary/aromatic N) is 4. The van der Waals surface area contributed by atoms with Crippen LogP contribution in [0.3, 0.4) is 0 Å². The third-order valence-corrected chi connectivity index (χ3v) is 3.76. The minimum Gasteiger partial charge on any atom is -0.380 e. The summed E-state index contributed by atoms with van der Waals surface area (Å²) in [6, 6.07) is 2.28. The molecule has 0 amide bonds. The van der Waals surface area contributed by atoms with Gasteiger partial charge >= 0.3 is 0 Å². The fourth-order valence-corrected chi connectivity index (χ4v) is 2.76. The van der Waals surface area contributed by atoms with Gasteiger partial charge in [0.15, 0.2) is 0 Å². The van der Waals surface area contributed by atoms with E-state index < -0.39 is 0 Å². The normalized spacial score (nSPS) is 23.3. The van der Waals surface area contributed by atoms with E-state index in [1.54, 1.807) is 19.6 Å². The molecule has 0 spiro atoms. The van der Waals surface area contributed by atoms with Crippen molar-refractivity contribution in [2.24, 2.45) is 0 Å². The summed E-state index contributed by atoms with van der Waals surface area (Å²) in [5.41, 5.74) is 2.03. The second kappa shape index (κ2) is 5.68. The Morgan fingerprint density at radius 1 is 1.40 bits per heavy atom. The molecular formula is C14H19N5O. The van der Waals surface area contributed by atoms with Gasteiger partial charge in [0, 0.05) is 38.3 Å². The molecular weight excluding hydrogens is 254 g/mol. The molecule has 20 heavy (non-hydrogen) atoms. The molecule has 1 N–H and O–H groups in total. The molecule has 1 aliphatic heterocycles. The zero-order chi connectivity index (χ0) is 13.9. The monoisotopic (exact) mass is 273 g/mol. The lowest BCUT2D eigenvalue weighted by Crippen LogP contribution is -2.25. The minimum atomic E-state index is 0.244. The molecule has 1 saturated heterocycles. The molecule has 2 aromatic heterocycles. The molecule has 1 unspecified atom stereocenters. The van der Waals surface area contributed by atoms with Gasteiger partial charge in [-0.3, -0.25) is 4.90 Å². The second-order valence-electron chi connectivity index (χ2n) is 5.16. The van der Waals surface area contributed by atoms with Gasteiger partial charge in [-0.2, -0.15) is 0 Å². The average molecular weight is 273 g/mol. The van der Waals surface area contributed by atoms with Crippen molar-refractivity contribution in [1.29, 1.82) is 0 Å². The Morgan fingerprint density at radius 3 is 3.00 bits per heavy atom. The number of rotatable bonds is 4. The highest BCUT2D eigenvalue weighted by Gasteiger charge is 2.34. The number of aromatic nitrogens is 4. The van der Waals surface area contributed by atoms with Crippen molar-refractivity contribution in [2.75, 3.05) is 13.7 Å². The summed E-state index contributed by atoms with van der Waals surface area (Å²) in [5.74, 6) is 0.996. The number of H-pyrrole nitrogens is 1. The van der Waals surface area contributed by atoms with E-state index in [1.165, 1.54) is 0 Å². The van der Waals surface area contributed by atoms with E-state index >= 15 is 0 Å². The molecule has 3 rings (SSSR count). The van der Waals surface area contributed by atoms with Crippen LogP contribution in [0.5, 0.6) is 0 Å². The van der Waals surface area contributed by atoms with E-state index in [0.717, 1.165) is 36.7 Å². The second-order valence-corrected chi connectivity index (χ2v) is 5.16. The van der Waals surface area contributed by atoms with Crippen LogP contribution in [-0.4, -0.2) is 44.6 Å². The van der Waals surface area contributed by atoms with E-state index in [0.29, 0.717) is 0 Å². The van der Waals surface area contributed by atoms with Gasteiger partial charge in [0.25, 0.3) is 0 Å². The first-order valence-electron chi connectivity index (χ1n) is 6.80. The van der Waals surface area contributed by atoms with Gasteiger partial charge in [-0.1, -0.05) is 0 Å². The van der Waals surface area contributed by atoms with Crippen LogP contribution in [0, 0.1) is 6.92 Å². The molecule has 0 radical (unpaired) electrons. The topological polar surface area (TPSA) is 66.9 Å². The highest BCUT2D eigenvalue weighted by atomic mass is 16.5. The van der Waals surface area contributed by atoms with E-state index in [1.807, 2.05) is 19.2 Å². The third kappa shape index (κ3) is 2.71. The number of hydrogen-bond acceptors (Lipinski definition) is 5. The quantitative estimate of drug-likeness (QED) is 0.913. The smallest absolute Gasteiger partial charge is 0.123 e. The van der Waals surface area contributed by atoms with Crippen LogP contribution in [0.1, 0.15) is 29.7 Å².